The van der Waals surface area contributed by atoms with E-state index in [1.165, 1.54) is 70.6 Å². The van der Waals surface area contributed by atoms with Crippen molar-refractivity contribution >= 4 is 0 Å². The van der Waals surface area contributed by atoms with Crippen LogP contribution in [-0.2, 0) is 4.74 Å². The predicted octanol–water partition coefficient (Wildman–Crippen LogP) is 5.66. The predicted molar refractivity (Wildman–Crippen MR) is 95.1 cm³/mol. The van der Waals surface area contributed by atoms with Gasteiger partial charge in [0.1, 0.15) is 0 Å². The first-order valence-electron chi connectivity index (χ1n) is 9.65. The third kappa shape index (κ3) is 16.1. The molecule has 0 aromatic carbocycles. The number of hydrogen-bond donors (Lipinski definition) is 0. The van der Waals surface area contributed by atoms with E-state index in [-0.39, 0.29) is 0 Å². The molecule has 0 rings (SSSR count). The van der Waals surface area contributed by atoms with Crippen molar-refractivity contribution < 1.29 is 4.74 Å². The van der Waals surface area contributed by atoms with Crippen LogP contribution in [0.4, 0.5) is 0 Å². The van der Waals surface area contributed by atoms with Crippen molar-refractivity contribution in [2.45, 2.75) is 91.4 Å². The van der Waals surface area contributed by atoms with Crippen LogP contribution in [0.3, 0.4) is 0 Å². The Hall–Kier alpha value is -0.0800. The van der Waals surface area contributed by atoms with Crippen molar-refractivity contribution in [1.82, 2.24) is 4.90 Å². The molecule has 0 N–H and O–H groups in total. The highest BCUT2D eigenvalue weighted by atomic mass is 16.5. The van der Waals surface area contributed by atoms with E-state index in [1.807, 2.05) is 0 Å². The second kappa shape index (κ2) is 18.0. The van der Waals surface area contributed by atoms with Crippen LogP contribution in [0.1, 0.15) is 91.4 Å². The van der Waals surface area contributed by atoms with Gasteiger partial charge in [0, 0.05) is 13.2 Å². The van der Waals surface area contributed by atoms with Crippen LogP contribution < -0.4 is 0 Å². The summed E-state index contributed by atoms with van der Waals surface area (Å²) < 4.78 is 5.71. The van der Waals surface area contributed by atoms with E-state index < -0.39 is 0 Å². The van der Waals surface area contributed by atoms with Gasteiger partial charge < -0.3 is 9.64 Å². The fourth-order valence-corrected chi connectivity index (χ4v) is 2.70. The Bertz CT molecular complexity index is 180. The molecule has 0 aliphatic carbocycles. The summed E-state index contributed by atoms with van der Waals surface area (Å²) in [5, 5.41) is 0. The molecule has 128 valence electrons. The second-order valence-corrected chi connectivity index (χ2v) is 6.17. The van der Waals surface area contributed by atoms with E-state index in [0.29, 0.717) is 0 Å². The molecular weight excluding hydrogens is 258 g/mol. The maximum Gasteiger partial charge on any atom is 0.0593 e. The average molecular weight is 300 g/mol. The Morgan fingerprint density at radius 2 is 1.05 bits per heavy atom. The molecule has 0 aromatic heterocycles. The third-order valence-corrected chi connectivity index (χ3v) is 4.34. The van der Waals surface area contributed by atoms with Gasteiger partial charge in [-0.3, -0.25) is 0 Å². The fraction of sp³-hybridized carbons (Fsp3) is 1.00. The molecule has 0 bridgehead atoms. The highest BCUT2D eigenvalue weighted by Crippen LogP contribution is 2.11. The van der Waals surface area contributed by atoms with Gasteiger partial charge in [-0.1, -0.05) is 85.0 Å². The van der Waals surface area contributed by atoms with Gasteiger partial charge >= 0.3 is 0 Å². The molecule has 21 heavy (non-hydrogen) atoms. The molecule has 0 heterocycles. The van der Waals surface area contributed by atoms with Gasteiger partial charge in [0.2, 0.25) is 0 Å². The van der Waals surface area contributed by atoms with Crippen molar-refractivity contribution in [2.75, 3.05) is 32.8 Å². The molecular formula is C19H41NO. The normalized spacial score (nSPS) is 11.4. The van der Waals surface area contributed by atoms with Crippen LogP contribution in [0.25, 0.3) is 0 Å². The van der Waals surface area contributed by atoms with Gasteiger partial charge in [0.25, 0.3) is 0 Å². The van der Waals surface area contributed by atoms with Crippen LogP contribution in [0.5, 0.6) is 0 Å². The molecule has 0 atom stereocenters. The second-order valence-electron chi connectivity index (χ2n) is 6.17. The Morgan fingerprint density at radius 3 is 1.52 bits per heavy atom. The maximum absolute atomic E-state index is 5.71. The van der Waals surface area contributed by atoms with Gasteiger partial charge in [-0.05, 0) is 19.5 Å². The van der Waals surface area contributed by atoms with Crippen LogP contribution in [0, 0.1) is 0 Å². The lowest BCUT2D eigenvalue weighted by Crippen LogP contribution is -2.27. The standard InChI is InChI=1S/C19H41NO/c1-4-7-8-9-10-11-12-13-14-15-16-18-21-19-17-20(5-2)6-3/h4-19H2,1-3H3. The van der Waals surface area contributed by atoms with Crippen molar-refractivity contribution in [3.05, 3.63) is 0 Å². The summed E-state index contributed by atoms with van der Waals surface area (Å²) in [5.41, 5.74) is 0. The lowest BCUT2D eigenvalue weighted by atomic mass is 10.1. The monoisotopic (exact) mass is 299 g/mol. The fourth-order valence-electron chi connectivity index (χ4n) is 2.70. The van der Waals surface area contributed by atoms with E-state index >= 15 is 0 Å². The van der Waals surface area contributed by atoms with Crippen molar-refractivity contribution in [3.63, 3.8) is 0 Å². The SMILES string of the molecule is CCCCCCCCCCCCCOCCN(CC)CC. The minimum absolute atomic E-state index is 0.902. The van der Waals surface area contributed by atoms with E-state index in [1.54, 1.807) is 0 Å². The summed E-state index contributed by atoms with van der Waals surface area (Å²) in [6.45, 7) is 11.9. The third-order valence-electron chi connectivity index (χ3n) is 4.34. The molecule has 0 amide bonds. The Morgan fingerprint density at radius 1 is 0.571 bits per heavy atom. The van der Waals surface area contributed by atoms with E-state index in [2.05, 4.69) is 25.7 Å². The number of likely N-dealkylation sites (N-methyl/N-ethyl adjacent to an activating group) is 1. The topological polar surface area (TPSA) is 12.5 Å². The average Bonchev–Trinajstić information content (AvgIpc) is 2.51. The summed E-state index contributed by atoms with van der Waals surface area (Å²) in [4.78, 5) is 2.42. The summed E-state index contributed by atoms with van der Waals surface area (Å²) in [5.74, 6) is 0. The van der Waals surface area contributed by atoms with Gasteiger partial charge in [-0.25, -0.2) is 0 Å². The lowest BCUT2D eigenvalue weighted by Gasteiger charge is -2.17. The zero-order chi connectivity index (χ0) is 15.6. The molecule has 0 aliphatic rings. The van der Waals surface area contributed by atoms with Gasteiger partial charge in [0.05, 0.1) is 6.61 Å². The molecule has 0 unspecified atom stereocenters. The molecule has 0 radical (unpaired) electrons. The summed E-state index contributed by atoms with van der Waals surface area (Å²) >= 11 is 0. The van der Waals surface area contributed by atoms with Crippen molar-refractivity contribution in [3.8, 4) is 0 Å². The van der Waals surface area contributed by atoms with Crippen LogP contribution in [0.2, 0.25) is 0 Å². The van der Waals surface area contributed by atoms with E-state index in [0.717, 1.165) is 32.8 Å². The number of nitrogens with zero attached hydrogens (tertiary/aromatic N) is 1. The Kier molecular flexibility index (Phi) is 17.9. The number of unbranched alkanes of at least 4 members (excludes halogenated alkanes) is 10. The van der Waals surface area contributed by atoms with Crippen LogP contribution in [-0.4, -0.2) is 37.7 Å². The Balaban J connectivity index is 3.02. The number of hydrogen-bond acceptors (Lipinski definition) is 2. The quantitative estimate of drug-likeness (QED) is 0.321. The minimum Gasteiger partial charge on any atom is -0.380 e. The summed E-state index contributed by atoms with van der Waals surface area (Å²) in [6, 6.07) is 0. The van der Waals surface area contributed by atoms with Gasteiger partial charge in [-0.15, -0.1) is 0 Å². The van der Waals surface area contributed by atoms with Crippen molar-refractivity contribution in [2.24, 2.45) is 0 Å². The highest BCUT2D eigenvalue weighted by molar-refractivity contribution is 4.51. The molecule has 2 nitrogen and oxygen atoms in total. The first-order valence-corrected chi connectivity index (χ1v) is 9.65. The summed E-state index contributed by atoms with van der Waals surface area (Å²) in [6.07, 6.45) is 15.4. The zero-order valence-electron chi connectivity index (χ0n) is 15.2. The van der Waals surface area contributed by atoms with Gasteiger partial charge in [0.15, 0.2) is 0 Å². The first kappa shape index (κ1) is 20.9. The number of rotatable bonds is 17. The number of ether oxygens (including phenoxy) is 1. The van der Waals surface area contributed by atoms with E-state index in [4.69, 9.17) is 4.74 Å². The molecule has 0 saturated heterocycles. The van der Waals surface area contributed by atoms with Gasteiger partial charge in [-0.2, -0.15) is 0 Å². The maximum atomic E-state index is 5.71. The smallest absolute Gasteiger partial charge is 0.0593 e. The molecule has 0 fully saturated rings. The molecule has 0 saturated carbocycles. The Labute approximate surface area is 134 Å². The molecule has 0 aromatic rings. The molecule has 2 heteroatoms. The highest BCUT2D eigenvalue weighted by Gasteiger charge is 1.98. The lowest BCUT2D eigenvalue weighted by molar-refractivity contribution is 0.104. The first-order chi connectivity index (χ1) is 10.3. The molecule has 0 aliphatic heterocycles. The van der Waals surface area contributed by atoms with Crippen molar-refractivity contribution in [1.29, 1.82) is 0 Å². The van der Waals surface area contributed by atoms with Crippen LogP contribution in [0.15, 0.2) is 0 Å². The largest absolute Gasteiger partial charge is 0.380 e. The zero-order valence-corrected chi connectivity index (χ0v) is 15.2. The van der Waals surface area contributed by atoms with E-state index in [9.17, 15) is 0 Å². The summed E-state index contributed by atoms with van der Waals surface area (Å²) in [7, 11) is 0. The van der Waals surface area contributed by atoms with Crippen LogP contribution >= 0.6 is 0 Å². The molecule has 0 spiro atoms. The minimum atomic E-state index is 0.902.